The van der Waals surface area contributed by atoms with Gasteiger partial charge in [0.2, 0.25) is 11.8 Å². The number of halogens is 1. The summed E-state index contributed by atoms with van der Waals surface area (Å²) >= 11 is 3.34. The number of phenols is 1. The molecule has 0 atom stereocenters. The summed E-state index contributed by atoms with van der Waals surface area (Å²) in [6, 6.07) is 12.0. The zero-order valence-electron chi connectivity index (χ0n) is 16.4. The summed E-state index contributed by atoms with van der Waals surface area (Å²) in [6.45, 7) is 3.68. The Bertz CT molecular complexity index is 1120. The van der Waals surface area contributed by atoms with Crippen molar-refractivity contribution in [2.24, 2.45) is 10.2 Å². The number of H-pyrrole nitrogens is 1. The molecule has 2 amide bonds. The highest BCUT2D eigenvalue weighted by atomic mass is 79.9. The first-order valence-electron chi connectivity index (χ1n) is 9.17. The third kappa shape index (κ3) is 5.44. The SMILES string of the molecule is CC(C)(Cc1ccc(O)cc1)NC(=O)CC(=O)N=Nc1c(O)[nH]c2cc(Br)ccc12. The van der Waals surface area contributed by atoms with Gasteiger partial charge in [-0.15, -0.1) is 10.2 Å². The summed E-state index contributed by atoms with van der Waals surface area (Å²) in [5, 5.41) is 30.2. The molecule has 1 aromatic heterocycles. The molecular formula is C21H21BrN4O4. The van der Waals surface area contributed by atoms with Crippen LogP contribution in [-0.4, -0.2) is 32.6 Å². The lowest BCUT2D eigenvalue weighted by Crippen LogP contribution is -2.45. The third-order valence-electron chi connectivity index (χ3n) is 4.35. The normalized spacial score (nSPS) is 11.8. The van der Waals surface area contributed by atoms with Gasteiger partial charge in [0.15, 0.2) is 5.69 Å². The Labute approximate surface area is 181 Å². The topological polar surface area (TPSA) is 127 Å². The minimum atomic E-state index is -0.723. The van der Waals surface area contributed by atoms with Crippen molar-refractivity contribution in [3.63, 3.8) is 0 Å². The van der Waals surface area contributed by atoms with Crippen molar-refractivity contribution in [2.45, 2.75) is 32.2 Å². The van der Waals surface area contributed by atoms with E-state index < -0.39 is 23.8 Å². The Balaban J connectivity index is 1.61. The van der Waals surface area contributed by atoms with E-state index in [9.17, 15) is 19.8 Å². The molecule has 2 aromatic carbocycles. The number of amides is 2. The number of fused-ring (bicyclic) bond motifs is 1. The number of nitrogens with zero attached hydrogens (tertiary/aromatic N) is 2. The van der Waals surface area contributed by atoms with E-state index in [1.165, 1.54) is 0 Å². The molecule has 3 rings (SSSR count). The van der Waals surface area contributed by atoms with Gasteiger partial charge in [0.05, 0.1) is 5.52 Å². The van der Waals surface area contributed by atoms with Crippen molar-refractivity contribution < 1.29 is 19.8 Å². The molecule has 0 saturated heterocycles. The summed E-state index contributed by atoms with van der Waals surface area (Å²) in [6.07, 6.45) is 0.0602. The Morgan fingerprint density at radius 3 is 2.53 bits per heavy atom. The minimum Gasteiger partial charge on any atom is -0.508 e. The minimum absolute atomic E-state index is 0.138. The van der Waals surface area contributed by atoms with Crippen molar-refractivity contribution in [2.75, 3.05) is 0 Å². The second-order valence-corrected chi connectivity index (χ2v) is 8.47. The smallest absolute Gasteiger partial charge is 0.274 e. The molecule has 4 N–H and O–H groups in total. The summed E-state index contributed by atoms with van der Waals surface area (Å²) in [7, 11) is 0. The number of phenolic OH excluding ortho intramolecular Hbond substituents is 1. The van der Waals surface area contributed by atoms with E-state index in [4.69, 9.17) is 0 Å². The van der Waals surface area contributed by atoms with Crippen molar-refractivity contribution in [1.82, 2.24) is 10.3 Å². The van der Waals surface area contributed by atoms with Crippen molar-refractivity contribution in [3.8, 4) is 11.6 Å². The van der Waals surface area contributed by atoms with Crippen molar-refractivity contribution in [1.29, 1.82) is 0 Å². The van der Waals surface area contributed by atoms with E-state index in [0.29, 0.717) is 17.3 Å². The molecule has 0 radical (unpaired) electrons. The molecule has 3 aromatic rings. The van der Waals surface area contributed by atoms with Crippen LogP contribution in [0.25, 0.3) is 10.9 Å². The number of nitrogens with one attached hydrogen (secondary N) is 2. The van der Waals surface area contributed by atoms with Crippen molar-refractivity contribution >= 4 is 44.3 Å². The van der Waals surface area contributed by atoms with Crippen molar-refractivity contribution in [3.05, 3.63) is 52.5 Å². The van der Waals surface area contributed by atoms with Gasteiger partial charge in [-0.05, 0) is 56.2 Å². The average molecular weight is 473 g/mol. The Morgan fingerprint density at radius 1 is 1.13 bits per heavy atom. The Kier molecular flexibility index (Phi) is 6.21. The number of aromatic hydroxyl groups is 2. The summed E-state index contributed by atoms with van der Waals surface area (Å²) in [4.78, 5) is 27.1. The zero-order valence-corrected chi connectivity index (χ0v) is 18.0. The predicted octanol–water partition coefficient (Wildman–Crippen LogP) is 4.48. The van der Waals surface area contributed by atoms with Crippen LogP contribution in [0.4, 0.5) is 5.69 Å². The highest BCUT2D eigenvalue weighted by Gasteiger charge is 2.22. The second-order valence-electron chi connectivity index (χ2n) is 7.56. The number of aromatic nitrogens is 1. The summed E-state index contributed by atoms with van der Waals surface area (Å²) in [5.41, 5.74) is 1.11. The van der Waals surface area contributed by atoms with Gasteiger partial charge in [-0.1, -0.05) is 28.1 Å². The van der Waals surface area contributed by atoms with E-state index in [1.54, 1.807) is 42.5 Å². The summed E-state index contributed by atoms with van der Waals surface area (Å²) < 4.78 is 0.822. The van der Waals surface area contributed by atoms with E-state index in [0.717, 1.165) is 10.0 Å². The molecule has 30 heavy (non-hydrogen) atoms. The quantitative estimate of drug-likeness (QED) is 0.311. The Morgan fingerprint density at radius 2 is 1.83 bits per heavy atom. The molecule has 0 spiro atoms. The van der Waals surface area contributed by atoms with E-state index in [2.05, 4.69) is 36.5 Å². The van der Waals surface area contributed by atoms with Crippen LogP contribution >= 0.6 is 15.9 Å². The van der Waals surface area contributed by atoms with Gasteiger partial charge in [0.1, 0.15) is 12.2 Å². The van der Waals surface area contributed by atoms with E-state index in [-0.39, 0.29) is 17.3 Å². The van der Waals surface area contributed by atoms with Crippen LogP contribution in [0, 0.1) is 0 Å². The van der Waals surface area contributed by atoms with Gasteiger partial charge in [0, 0.05) is 15.4 Å². The number of hydrogen-bond acceptors (Lipinski definition) is 5. The van der Waals surface area contributed by atoms with Gasteiger partial charge in [0.25, 0.3) is 5.91 Å². The highest BCUT2D eigenvalue weighted by molar-refractivity contribution is 9.10. The largest absolute Gasteiger partial charge is 0.508 e. The molecule has 9 heteroatoms. The van der Waals surface area contributed by atoms with Crippen LogP contribution in [-0.2, 0) is 16.0 Å². The van der Waals surface area contributed by atoms with Gasteiger partial charge in [-0.3, -0.25) is 9.59 Å². The van der Waals surface area contributed by atoms with E-state index in [1.807, 2.05) is 13.8 Å². The predicted molar refractivity (Wildman–Crippen MR) is 116 cm³/mol. The number of hydrogen-bond donors (Lipinski definition) is 4. The monoisotopic (exact) mass is 472 g/mol. The lowest BCUT2D eigenvalue weighted by Gasteiger charge is -2.26. The molecule has 8 nitrogen and oxygen atoms in total. The maximum atomic E-state index is 12.3. The molecule has 0 bridgehead atoms. The van der Waals surface area contributed by atoms with Crippen LogP contribution in [0.5, 0.6) is 11.6 Å². The standard InChI is InChI=1S/C21H21BrN4O4/c1-21(2,11-12-3-6-14(27)7-4-12)24-17(28)10-18(29)25-26-19-15-8-5-13(22)9-16(15)23-20(19)30/h3-9,23,27,30H,10-11H2,1-2H3,(H,24,28). The zero-order chi connectivity index (χ0) is 21.9. The molecule has 0 fully saturated rings. The molecule has 0 aliphatic rings. The number of rotatable bonds is 6. The van der Waals surface area contributed by atoms with Gasteiger partial charge < -0.3 is 20.5 Å². The van der Waals surface area contributed by atoms with E-state index >= 15 is 0 Å². The second kappa shape index (κ2) is 8.66. The van der Waals surface area contributed by atoms with Gasteiger partial charge in [-0.2, -0.15) is 0 Å². The molecule has 0 aliphatic heterocycles. The molecule has 0 unspecified atom stereocenters. The lowest BCUT2D eigenvalue weighted by atomic mass is 9.94. The maximum absolute atomic E-state index is 12.3. The molecule has 0 aliphatic carbocycles. The number of carbonyl (C=O) groups excluding carboxylic acids is 2. The Hall–Kier alpha value is -3.20. The average Bonchev–Trinajstić information content (AvgIpc) is 2.95. The molecule has 1 heterocycles. The third-order valence-corrected chi connectivity index (χ3v) is 4.84. The van der Waals surface area contributed by atoms with Gasteiger partial charge >= 0.3 is 0 Å². The van der Waals surface area contributed by atoms with Crippen LogP contribution in [0.3, 0.4) is 0 Å². The summed E-state index contributed by atoms with van der Waals surface area (Å²) in [5.74, 6) is -1.24. The first-order valence-corrected chi connectivity index (χ1v) is 9.96. The fraction of sp³-hybridized carbons (Fsp3) is 0.238. The first kappa shape index (κ1) is 21.5. The molecule has 156 valence electrons. The number of carbonyl (C=O) groups is 2. The molecule has 0 saturated carbocycles. The lowest BCUT2D eigenvalue weighted by molar-refractivity contribution is -0.128. The van der Waals surface area contributed by atoms with Crippen LogP contribution in [0.15, 0.2) is 57.2 Å². The van der Waals surface area contributed by atoms with Crippen LogP contribution in [0.1, 0.15) is 25.8 Å². The van der Waals surface area contributed by atoms with Crippen LogP contribution < -0.4 is 5.32 Å². The first-order chi connectivity index (χ1) is 14.1. The van der Waals surface area contributed by atoms with Gasteiger partial charge in [-0.25, -0.2) is 0 Å². The fourth-order valence-electron chi connectivity index (χ4n) is 3.11. The number of azo groups is 1. The number of benzene rings is 2. The maximum Gasteiger partial charge on any atom is 0.274 e. The highest BCUT2D eigenvalue weighted by Crippen LogP contribution is 2.36. The fourth-order valence-corrected chi connectivity index (χ4v) is 3.47. The molecular weight excluding hydrogens is 452 g/mol. The van der Waals surface area contributed by atoms with Crippen LogP contribution in [0.2, 0.25) is 0 Å². The number of aromatic amines is 1.